The van der Waals surface area contributed by atoms with Gasteiger partial charge in [-0.15, -0.1) is 0 Å². The second kappa shape index (κ2) is 6.26. The van der Waals surface area contributed by atoms with Crippen LogP contribution in [0.2, 0.25) is 0 Å². The Morgan fingerprint density at radius 3 is 2.47 bits per heavy atom. The maximum atomic E-state index is 13.2. The average Bonchev–Trinajstić information content (AvgIpc) is 2.39. The van der Waals surface area contributed by atoms with Gasteiger partial charge < -0.3 is 5.11 Å². The lowest BCUT2D eigenvalue weighted by atomic mass is 9.92. The monoisotopic (exact) mass is 326 g/mol. The minimum Gasteiger partial charge on any atom is -0.396 e. The number of benzene rings is 2. The zero-order valence-corrected chi connectivity index (χ0v) is 11.7. The van der Waals surface area contributed by atoms with Crippen molar-refractivity contribution in [3.8, 4) is 0 Å². The molecule has 0 saturated heterocycles. The summed E-state index contributed by atoms with van der Waals surface area (Å²) in [5.41, 5.74) is 1.46. The second-order valence-corrected chi connectivity index (χ2v) is 5.23. The summed E-state index contributed by atoms with van der Waals surface area (Å²) in [5, 5.41) is 9.46. The van der Waals surface area contributed by atoms with Crippen molar-refractivity contribution < 1.29 is 13.9 Å². The van der Waals surface area contributed by atoms with Crippen LogP contribution >= 0.6 is 15.9 Å². The molecule has 0 heterocycles. The summed E-state index contributed by atoms with van der Waals surface area (Å²) in [7, 11) is 0. The van der Waals surface area contributed by atoms with E-state index in [1.165, 1.54) is 24.3 Å². The molecule has 19 heavy (non-hydrogen) atoms. The molecule has 0 aliphatic heterocycles. The van der Waals surface area contributed by atoms with Crippen molar-refractivity contribution in [1.29, 1.82) is 0 Å². The highest BCUT2D eigenvalue weighted by atomic mass is 79.9. The average molecular weight is 327 g/mol. The first-order chi connectivity index (χ1) is 9.10. The highest BCUT2D eigenvalue weighted by Crippen LogP contribution is 2.26. The van der Waals surface area contributed by atoms with Crippen LogP contribution in [0.3, 0.4) is 0 Å². The minimum absolute atomic E-state index is 0.119. The van der Waals surface area contributed by atoms with Gasteiger partial charge in [0.2, 0.25) is 0 Å². The molecule has 0 aliphatic carbocycles. The van der Waals surface area contributed by atoms with Crippen molar-refractivity contribution in [3.05, 3.63) is 69.7 Å². The van der Waals surface area contributed by atoms with Gasteiger partial charge in [-0.25, -0.2) is 8.78 Å². The number of hydrogen-bond donors (Lipinski definition) is 1. The molecular weight excluding hydrogens is 314 g/mol. The first-order valence-corrected chi connectivity index (χ1v) is 6.69. The number of aliphatic hydroxyl groups is 1. The molecule has 0 bridgehead atoms. The molecule has 1 atom stereocenters. The number of aliphatic hydroxyl groups excluding tert-OH is 1. The largest absolute Gasteiger partial charge is 0.396 e. The van der Waals surface area contributed by atoms with Gasteiger partial charge in [-0.05, 0) is 47.9 Å². The lowest BCUT2D eigenvalue weighted by molar-refractivity contribution is 0.264. The maximum absolute atomic E-state index is 13.2. The first kappa shape index (κ1) is 14.2. The Balaban J connectivity index is 2.26. The summed E-state index contributed by atoms with van der Waals surface area (Å²) in [6.07, 6.45) is 0.443. The Kier molecular flexibility index (Phi) is 4.66. The van der Waals surface area contributed by atoms with Crippen molar-refractivity contribution in [2.45, 2.75) is 12.3 Å². The van der Waals surface area contributed by atoms with Crippen LogP contribution in [-0.2, 0) is 6.42 Å². The van der Waals surface area contributed by atoms with E-state index in [4.69, 9.17) is 0 Å². The lowest BCUT2D eigenvalue weighted by Crippen LogP contribution is -2.08. The smallest absolute Gasteiger partial charge is 0.123 e. The molecule has 0 aliphatic rings. The van der Waals surface area contributed by atoms with Crippen molar-refractivity contribution in [3.63, 3.8) is 0 Å². The molecule has 0 radical (unpaired) electrons. The third-order valence-corrected chi connectivity index (χ3v) is 3.79. The van der Waals surface area contributed by atoms with Crippen LogP contribution in [0.15, 0.2) is 46.9 Å². The SMILES string of the molecule is OCC(Cc1cc(F)ccc1Br)c1cccc(F)c1. The van der Waals surface area contributed by atoms with E-state index in [1.54, 1.807) is 18.2 Å². The van der Waals surface area contributed by atoms with E-state index in [2.05, 4.69) is 15.9 Å². The third kappa shape index (κ3) is 3.61. The molecule has 1 unspecified atom stereocenters. The Bertz CT molecular complexity index is 572. The highest BCUT2D eigenvalue weighted by molar-refractivity contribution is 9.10. The van der Waals surface area contributed by atoms with Crippen LogP contribution in [0.4, 0.5) is 8.78 Å². The molecule has 0 spiro atoms. The van der Waals surface area contributed by atoms with E-state index < -0.39 is 0 Å². The molecule has 1 nitrogen and oxygen atoms in total. The molecule has 0 amide bonds. The van der Waals surface area contributed by atoms with Gasteiger partial charge in [-0.2, -0.15) is 0 Å². The zero-order chi connectivity index (χ0) is 13.8. The van der Waals surface area contributed by atoms with E-state index in [0.29, 0.717) is 12.0 Å². The summed E-state index contributed by atoms with van der Waals surface area (Å²) >= 11 is 3.35. The van der Waals surface area contributed by atoms with Crippen LogP contribution in [-0.4, -0.2) is 11.7 Å². The molecule has 0 aromatic heterocycles. The lowest BCUT2D eigenvalue weighted by Gasteiger charge is -2.16. The van der Waals surface area contributed by atoms with Gasteiger partial charge in [-0.1, -0.05) is 28.1 Å². The van der Waals surface area contributed by atoms with Crippen LogP contribution < -0.4 is 0 Å². The first-order valence-electron chi connectivity index (χ1n) is 5.90. The quantitative estimate of drug-likeness (QED) is 0.898. The normalized spacial score (nSPS) is 12.4. The van der Waals surface area contributed by atoms with Crippen LogP contribution in [0.5, 0.6) is 0 Å². The Morgan fingerprint density at radius 2 is 1.79 bits per heavy atom. The molecule has 2 aromatic carbocycles. The molecule has 0 fully saturated rings. The van der Waals surface area contributed by atoms with Gasteiger partial charge in [0.15, 0.2) is 0 Å². The van der Waals surface area contributed by atoms with Gasteiger partial charge in [0, 0.05) is 10.4 Å². The standard InChI is InChI=1S/C15H13BrF2O/c16-15-5-4-14(18)8-11(15)6-12(9-19)10-2-1-3-13(17)7-10/h1-5,7-8,12,19H,6,9H2. The van der Waals surface area contributed by atoms with Gasteiger partial charge in [-0.3, -0.25) is 0 Å². The molecule has 100 valence electrons. The number of rotatable bonds is 4. The minimum atomic E-state index is -0.339. The van der Waals surface area contributed by atoms with E-state index in [1.807, 2.05) is 0 Å². The van der Waals surface area contributed by atoms with E-state index in [9.17, 15) is 13.9 Å². The third-order valence-electron chi connectivity index (χ3n) is 3.01. The zero-order valence-electron chi connectivity index (χ0n) is 10.1. The molecule has 1 N–H and O–H groups in total. The Labute approximate surface area is 119 Å². The molecule has 4 heteroatoms. The molecule has 0 saturated carbocycles. The maximum Gasteiger partial charge on any atom is 0.123 e. The van der Waals surface area contributed by atoms with E-state index in [0.717, 1.165) is 10.0 Å². The predicted octanol–water partition coefficient (Wildman–Crippen LogP) is 4.05. The van der Waals surface area contributed by atoms with Crippen LogP contribution in [0.1, 0.15) is 17.0 Å². The predicted molar refractivity (Wildman–Crippen MR) is 74.0 cm³/mol. The summed E-state index contributed by atoms with van der Waals surface area (Å²) in [4.78, 5) is 0. The number of halogens is 3. The summed E-state index contributed by atoms with van der Waals surface area (Å²) in [6.45, 7) is -0.119. The fraction of sp³-hybridized carbons (Fsp3) is 0.200. The summed E-state index contributed by atoms with van der Waals surface area (Å²) in [5.74, 6) is -0.919. The van der Waals surface area contributed by atoms with Gasteiger partial charge >= 0.3 is 0 Å². The van der Waals surface area contributed by atoms with Gasteiger partial charge in [0.05, 0.1) is 6.61 Å². The van der Waals surface area contributed by atoms with Crippen molar-refractivity contribution >= 4 is 15.9 Å². The van der Waals surface area contributed by atoms with Crippen LogP contribution in [0, 0.1) is 11.6 Å². The summed E-state index contributed by atoms with van der Waals surface area (Å²) < 4.78 is 27.2. The van der Waals surface area contributed by atoms with Gasteiger partial charge in [0.1, 0.15) is 11.6 Å². The molecule has 2 rings (SSSR count). The van der Waals surface area contributed by atoms with E-state index in [-0.39, 0.29) is 24.2 Å². The Hall–Kier alpha value is -1.26. The topological polar surface area (TPSA) is 20.2 Å². The fourth-order valence-corrected chi connectivity index (χ4v) is 2.42. The Morgan fingerprint density at radius 1 is 1.05 bits per heavy atom. The number of hydrogen-bond acceptors (Lipinski definition) is 1. The van der Waals surface area contributed by atoms with Crippen molar-refractivity contribution in [2.75, 3.05) is 6.61 Å². The molecular formula is C15H13BrF2O. The van der Waals surface area contributed by atoms with Crippen LogP contribution in [0.25, 0.3) is 0 Å². The molecule has 2 aromatic rings. The van der Waals surface area contributed by atoms with Crippen molar-refractivity contribution in [1.82, 2.24) is 0 Å². The van der Waals surface area contributed by atoms with E-state index >= 15 is 0 Å². The fourth-order valence-electron chi connectivity index (χ4n) is 2.01. The summed E-state index contributed by atoms with van der Waals surface area (Å²) in [6, 6.07) is 10.5. The highest BCUT2D eigenvalue weighted by Gasteiger charge is 2.14. The van der Waals surface area contributed by atoms with Gasteiger partial charge in [0.25, 0.3) is 0 Å². The van der Waals surface area contributed by atoms with Crippen molar-refractivity contribution in [2.24, 2.45) is 0 Å². The second-order valence-electron chi connectivity index (χ2n) is 4.37.